The van der Waals surface area contributed by atoms with Crippen LogP contribution in [0.15, 0.2) is 29.4 Å². The standard InChI is InChI=1S/C19H13N5O13/c1-35-15(25)7-14(19(26)36-2)37-20-18-10-3-8(21(27)28)5-12(23(31)32)16(10)17-11(18)4-9(22(29)30)6-13(17)24(33)34/h3-6,14H,7H2,1-2H3/t14-/m1/s1. The van der Waals surface area contributed by atoms with Crippen LogP contribution in [0.1, 0.15) is 17.5 Å². The lowest BCUT2D eigenvalue weighted by Gasteiger charge is -2.12. The summed E-state index contributed by atoms with van der Waals surface area (Å²) in [6, 6.07) is 2.72. The van der Waals surface area contributed by atoms with Crippen LogP contribution in [0.2, 0.25) is 0 Å². The van der Waals surface area contributed by atoms with Gasteiger partial charge in [0.25, 0.3) is 22.7 Å². The Balaban J connectivity index is 2.39. The molecule has 0 fully saturated rings. The van der Waals surface area contributed by atoms with Gasteiger partial charge in [-0.3, -0.25) is 45.3 Å². The summed E-state index contributed by atoms with van der Waals surface area (Å²) in [6.07, 6.45) is -2.45. The molecule has 1 aliphatic carbocycles. The third-order valence-electron chi connectivity index (χ3n) is 5.09. The fourth-order valence-electron chi connectivity index (χ4n) is 3.51. The number of ether oxygens (including phenoxy) is 2. The van der Waals surface area contributed by atoms with Crippen LogP contribution in [0.3, 0.4) is 0 Å². The molecular weight excluding hydrogens is 506 g/mol. The molecule has 0 unspecified atom stereocenters. The molecule has 0 amide bonds. The first-order chi connectivity index (χ1) is 17.4. The van der Waals surface area contributed by atoms with Crippen molar-refractivity contribution in [3.05, 3.63) is 75.8 Å². The number of carbonyl (C=O) groups is 2. The molecule has 0 saturated carbocycles. The maximum absolute atomic E-state index is 12.1. The molecule has 37 heavy (non-hydrogen) atoms. The molecule has 0 bridgehead atoms. The Morgan fingerprint density at radius 1 is 0.784 bits per heavy atom. The van der Waals surface area contributed by atoms with Gasteiger partial charge in [-0.15, -0.1) is 0 Å². The number of nitro benzene ring substituents is 4. The normalized spacial score (nSPS) is 12.0. The molecule has 18 nitrogen and oxygen atoms in total. The largest absolute Gasteiger partial charge is 0.469 e. The molecule has 192 valence electrons. The fourth-order valence-corrected chi connectivity index (χ4v) is 3.51. The van der Waals surface area contributed by atoms with Gasteiger partial charge >= 0.3 is 11.9 Å². The molecule has 0 spiro atoms. The zero-order valence-corrected chi connectivity index (χ0v) is 18.6. The number of esters is 2. The highest BCUT2D eigenvalue weighted by Gasteiger charge is 2.42. The molecule has 2 aromatic rings. The minimum absolute atomic E-state index is 0.416. The highest BCUT2D eigenvalue weighted by Crippen LogP contribution is 2.50. The van der Waals surface area contributed by atoms with E-state index >= 15 is 0 Å². The predicted molar refractivity (Wildman–Crippen MR) is 118 cm³/mol. The van der Waals surface area contributed by atoms with E-state index in [1.54, 1.807) is 0 Å². The van der Waals surface area contributed by atoms with Crippen molar-refractivity contribution in [2.45, 2.75) is 12.5 Å². The van der Waals surface area contributed by atoms with Crippen LogP contribution in [0.4, 0.5) is 22.7 Å². The highest BCUT2D eigenvalue weighted by atomic mass is 16.7. The first-order valence-corrected chi connectivity index (χ1v) is 9.74. The Hall–Kier alpha value is -5.55. The third kappa shape index (κ3) is 4.83. The lowest BCUT2D eigenvalue weighted by atomic mass is 10.0. The zero-order valence-electron chi connectivity index (χ0n) is 18.6. The second-order valence-corrected chi connectivity index (χ2v) is 7.14. The molecule has 0 aliphatic heterocycles. The van der Waals surface area contributed by atoms with E-state index in [1.165, 1.54) is 0 Å². The van der Waals surface area contributed by atoms with Crippen molar-refractivity contribution in [1.82, 2.24) is 0 Å². The molecule has 18 heteroatoms. The molecule has 1 atom stereocenters. The number of non-ortho nitro benzene ring substituents is 2. The number of rotatable bonds is 9. The third-order valence-corrected chi connectivity index (χ3v) is 5.09. The number of hydrogen-bond acceptors (Lipinski definition) is 14. The summed E-state index contributed by atoms with van der Waals surface area (Å²) in [6.45, 7) is 0. The van der Waals surface area contributed by atoms with Crippen LogP contribution >= 0.6 is 0 Å². The maximum atomic E-state index is 12.1. The van der Waals surface area contributed by atoms with Crippen molar-refractivity contribution in [3.63, 3.8) is 0 Å². The predicted octanol–water partition coefficient (Wildman–Crippen LogP) is 2.17. The van der Waals surface area contributed by atoms with Gasteiger partial charge in [0.1, 0.15) is 5.71 Å². The number of oxime groups is 1. The molecular formula is C19H13N5O13. The van der Waals surface area contributed by atoms with Gasteiger partial charge in [0.2, 0.25) is 6.10 Å². The maximum Gasteiger partial charge on any atom is 0.350 e. The van der Waals surface area contributed by atoms with Crippen LogP contribution in [-0.2, 0) is 23.9 Å². The van der Waals surface area contributed by atoms with Crippen LogP contribution < -0.4 is 0 Å². The zero-order chi connectivity index (χ0) is 27.6. The molecule has 0 N–H and O–H groups in total. The van der Waals surface area contributed by atoms with Crippen molar-refractivity contribution in [2.24, 2.45) is 5.16 Å². The summed E-state index contributed by atoms with van der Waals surface area (Å²) in [5.74, 6) is -2.04. The van der Waals surface area contributed by atoms with Crippen LogP contribution in [0.25, 0.3) is 11.1 Å². The lowest BCUT2D eigenvalue weighted by molar-refractivity contribution is -0.395. The summed E-state index contributed by atoms with van der Waals surface area (Å²) in [5.41, 5.74) is -5.80. The first kappa shape index (κ1) is 26.1. The Bertz CT molecular complexity index is 1330. The number of methoxy groups -OCH3 is 2. The summed E-state index contributed by atoms with van der Waals surface area (Å²) < 4.78 is 8.97. The lowest BCUT2D eigenvalue weighted by Crippen LogP contribution is -2.28. The first-order valence-electron chi connectivity index (χ1n) is 9.74. The van der Waals surface area contributed by atoms with Crippen LogP contribution in [-0.4, -0.2) is 57.7 Å². The van der Waals surface area contributed by atoms with E-state index in [1.807, 2.05) is 0 Å². The van der Waals surface area contributed by atoms with Gasteiger partial charge in [-0.05, 0) is 0 Å². The van der Waals surface area contributed by atoms with Crippen LogP contribution in [0.5, 0.6) is 0 Å². The van der Waals surface area contributed by atoms with Crippen molar-refractivity contribution in [1.29, 1.82) is 0 Å². The minimum atomic E-state index is -1.74. The molecule has 0 radical (unpaired) electrons. The molecule has 1 aliphatic rings. The Labute approximate surface area is 203 Å². The monoisotopic (exact) mass is 519 g/mol. The van der Waals surface area contributed by atoms with Crippen molar-refractivity contribution in [3.8, 4) is 11.1 Å². The molecule has 0 aromatic heterocycles. The van der Waals surface area contributed by atoms with Gasteiger partial charge in [0.15, 0.2) is 0 Å². The molecule has 2 aromatic carbocycles. The summed E-state index contributed by atoms with van der Waals surface area (Å²) >= 11 is 0. The number of hydrogen-bond donors (Lipinski definition) is 0. The highest BCUT2D eigenvalue weighted by molar-refractivity contribution is 6.27. The average Bonchev–Trinajstić information content (AvgIpc) is 3.17. The number of carbonyl (C=O) groups excluding carboxylic acids is 2. The van der Waals surface area contributed by atoms with Gasteiger partial charge in [-0.2, -0.15) is 0 Å². The van der Waals surface area contributed by atoms with E-state index in [-0.39, 0.29) is 0 Å². The number of benzene rings is 2. The topological polar surface area (TPSA) is 247 Å². The Morgan fingerprint density at radius 2 is 1.24 bits per heavy atom. The van der Waals surface area contributed by atoms with E-state index in [9.17, 15) is 50.0 Å². The Morgan fingerprint density at radius 3 is 1.59 bits per heavy atom. The molecule has 0 saturated heterocycles. The average molecular weight is 519 g/mol. The van der Waals surface area contributed by atoms with Gasteiger partial charge in [-0.1, -0.05) is 5.16 Å². The van der Waals surface area contributed by atoms with Crippen molar-refractivity contribution in [2.75, 3.05) is 14.2 Å². The molecule has 0 heterocycles. The molecule has 3 rings (SSSR count). The number of nitro groups is 4. The Kier molecular flexibility index (Phi) is 7.03. The van der Waals surface area contributed by atoms with Crippen molar-refractivity contribution < 1.29 is 43.6 Å². The second kappa shape index (κ2) is 9.98. The number of fused-ring (bicyclic) bond motifs is 3. The summed E-state index contributed by atoms with van der Waals surface area (Å²) in [7, 11) is 1.98. The van der Waals surface area contributed by atoms with Crippen LogP contribution in [0, 0.1) is 40.5 Å². The quantitative estimate of drug-likeness (QED) is 0.223. The van der Waals surface area contributed by atoms with Gasteiger partial charge in [-0.25, -0.2) is 4.79 Å². The van der Waals surface area contributed by atoms with Gasteiger partial charge < -0.3 is 14.3 Å². The van der Waals surface area contributed by atoms with E-state index in [2.05, 4.69) is 14.6 Å². The van der Waals surface area contributed by atoms with E-state index in [0.717, 1.165) is 26.4 Å². The van der Waals surface area contributed by atoms with E-state index < -0.39 is 94.9 Å². The SMILES string of the molecule is COC(=O)C[C@@H](ON=C1c2cc([N+](=O)[O-])cc([N+](=O)[O-])c2-c2c1cc([N+](=O)[O-])cc2[N+](=O)[O-])C(=O)OC. The van der Waals surface area contributed by atoms with Gasteiger partial charge in [0.05, 0.1) is 63.6 Å². The van der Waals surface area contributed by atoms with Gasteiger partial charge in [0, 0.05) is 23.3 Å². The van der Waals surface area contributed by atoms with E-state index in [0.29, 0.717) is 12.1 Å². The number of nitrogens with zero attached hydrogens (tertiary/aromatic N) is 5. The summed E-state index contributed by atoms with van der Waals surface area (Å²) in [4.78, 5) is 71.2. The van der Waals surface area contributed by atoms with Crippen molar-refractivity contribution >= 4 is 40.4 Å². The minimum Gasteiger partial charge on any atom is -0.469 e. The second-order valence-electron chi connectivity index (χ2n) is 7.14. The summed E-state index contributed by atoms with van der Waals surface area (Å²) in [5, 5.41) is 50.1. The fraction of sp³-hybridized carbons (Fsp3) is 0.211. The van der Waals surface area contributed by atoms with E-state index in [4.69, 9.17) is 4.84 Å². The smallest absolute Gasteiger partial charge is 0.350 e.